The number of nitrogens with zero attached hydrogens (tertiary/aromatic N) is 5. The van der Waals surface area contributed by atoms with E-state index >= 15 is 0 Å². The van der Waals surface area contributed by atoms with Crippen LogP contribution in [0, 0.1) is 24.1 Å². The number of tetrazole rings is 1. The summed E-state index contributed by atoms with van der Waals surface area (Å²) in [4.78, 5) is 13.1. The predicted molar refractivity (Wildman–Crippen MR) is 85.6 cm³/mol. The Morgan fingerprint density at radius 1 is 1.46 bits per heavy atom. The number of anilines is 1. The maximum atomic E-state index is 13.3. The van der Waals surface area contributed by atoms with Crippen LogP contribution in [-0.2, 0) is 11.3 Å². The van der Waals surface area contributed by atoms with Gasteiger partial charge >= 0.3 is 0 Å². The summed E-state index contributed by atoms with van der Waals surface area (Å²) in [5.41, 5.74) is 1.50. The minimum atomic E-state index is -0.367. The van der Waals surface area contributed by atoms with Crippen molar-refractivity contribution in [3.05, 3.63) is 46.6 Å². The maximum absolute atomic E-state index is 13.3. The van der Waals surface area contributed by atoms with E-state index in [1.807, 2.05) is 6.07 Å². The number of aryl methyl sites for hydroxylation is 1. The second-order valence-electron chi connectivity index (χ2n) is 4.93. The van der Waals surface area contributed by atoms with Crippen molar-refractivity contribution in [1.82, 2.24) is 20.2 Å². The Labute approximate surface area is 140 Å². The summed E-state index contributed by atoms with van der Waals surface area (Å²) in [5.74, 6) is -0.373. The van der Waals surface area contributed by atoms with Gasteiger partial charge < -0.3 is 5.32 Å². The third-order valence-corrected chi connectivity index (χ3v) is 4.02. The van der Waals surface area contributed by atoms with E-state index in [9.17, 15) is 9.18 Å². The van der Waals surface area contributed by atoms with Gasteiger partial charge in [-0.25, -0.2) is 4.39 Å². The number of benzene rings is 1. The number of carbonyl (C=O) groups is 1. The lowest BCUT2D eigenvalue weighted by Gasteiger charge is -2.02. The van der Waals surface area contributed by atoms with Crippen molar-refractivity contribution in [2.45, 2.75) is 13.5 Å². The van der Waals surface area contributed by atoms with Crippen molar-refractivity contribution in [1.29, 1.82) is 5.26 Å². The Kier molecular flexibility index (Phi) is 4.31. The van der Waals surface area contributed by atoms with E-state index in [-0.39, 0.29) is 18.3 Å². The fraction of sp³-hybridized carbons (Fsp3) is 0.133. The maximum Gasteiger partial charge on any atom is 0.248 e. The van der Waals surface area contributed by atoms with Crippen molar-refractivity contribution in [3.63, 3.8) is 0 Å². The SMILES string of the molecule is Cc1cc(-c2nnn(CC(=O)Nc3sccc3C#N)n2)ccc1F. The first-order valence-corrected chi connectivity index (χ1v) is 7.76. The molecule has 9 heteroatoms. The molecular formula is C15H11FN6OS. The molecule has 7 nitrogen and oxygen atoms in total. The van der Waals surface area contributed by atoms with Crippen LogP contribution in [0.5, 0.6) is 0 Å². The van der Waals surface area contributed by atoms with Crippen LogP contribution in [0.25, 0.3) is 11.4 Å². The standard InChI is InChI=1S/C15H11FN6OS/c1-9-6-10(2-3-12(9)16)14-19-21-22(20-14)8-13(23)18-15-11(7-17)4-5-24-15/h2-6H,8H2,1H3,(H,18,23). The molecule has 0 bridgehead atoms. The number of aromatic nitrogens is 4. The Morgan fingerprint density at radius 3 is 3.04 bits per heavy atom. The fourth-order valence-corrected chi connectivity index (χ4v) is 2.75. The molecule has 120 valence electrons. The van der Waals surface area contributed by atoms with Crippen molar-refractivity contribution in [3.8, 4) is 17.5 Å². The van der Waals surface area contributed by atoms with E-state index in [0.29, 0.717) is 27.5 Å². The fourth-order valence-electron chi connectivity index (χ4n) is 2.00. The number of amides is 1. The van der Waals surface area contributed by atoms with Crippen LogP contribution in [0.3, 0.4) is 0 Å². The van der Waals surface area contributed by atoms with E-state index in [0.717, 1.165) is 4.80 Å². The molecule has 1 N–H and O–H groups in total. The van der Waals surface area contributed by atoms with E-state index in [1.54, 1.807) is 30.5 Å². The van der Waals surface area contributed by atoms with Crippen LogP contribution in [0.4, 0.5) is 9.39 Å². The molecule has 2 aromatic heterocycles. The number of hydrogen-bond donors (Lipinski definition) is 1. The zero-order chi connectivity index (χ0) is 17.1. The van der Waals surface area contributed by atoms with Crippen molar-refractivity contribution < 1.29 is 9.18 Å². The van der Waals surface area contributed by atoms with Crippen LogP contribution in [0.15, 0.2) is 29.6 Å². The highest BCUT2D eigenvalue weighted by Crippen LogP contribution is 2.22. The molecule has 0 radical (unpaired) electrons. The topological polar surface area (TPSA) is 96.5 Å². The van der Waals surface area contributed by atoms with E-state index < -0.39 is 0 Å². The normalized spacial score (nSPS) is 10.4. The number of thiophene rings is 1. The Bertz CT molecular complexity index is 942. The molecule has 3 aromatic rings. The summed E-state index contributed by atoms with van der Waals surface area (Å²) in [6, 6.07) is 8.12. The van der Waals surface area contributed by atoms with Crippen molar-refractivity contribution >= 4 is 22.2 Å². The van der Waals surface area contributed by atoms with E-state index in [1.165, 1.54) is 17.4 Å². The molecule has 0 saturated carbocycles. The first-order valence-electron chi connectivity index (χ1n) is 6.88. The lowest BCUT2D eigenvalue weighted by Crippen LogP contribution is -2.20. The Hall–Kier alpha value is -3.12. The summed E-state index contributed by atoms with van der Waals surface area (Å²) in [7, 11) is 0. The summed E-state index contributed by atoms with van der Waals surface area (Å²) >= 11 is 1.26. The Balaban J connectivity index is 1.71. The van der Waals surface area contributed by atoms with Gasteiger partial charge in [-0.1, -0.05) is 0 Å². The lowest BCUT2D eigenvalue weighted by atomic mass is 10.1. The molecule has 0 saturated heterocycles. The number of halogens is 1. The molecule has 0 fully saturated rings. The summed E-state index contributed by atoms with van der Waals surface area (Å²) in [6.45, 7) is 1.50. The van der Waals surface area contributed by atoms with Gasteiger partial charge in [-0.2, -0.15) is 10.1 Å². The number of carbonyl (C=O) groups excluding carboxylic acids is 1. The number of nitriles is 1. The van der Waals surface area contributed by atoms with Crippen LogP contribution >= 0.6 is 11.3 Å². The van der Waals surface area contributed by atoms with Crippen LogP contribution < -0.4 is 5.32 Å². The summed E-state index contributed by atoms with van der Waals surface area (Å²) < 4.78 is 13.3. The van der Waals surface area contributed by atoms with Gasteiger partial charge in [0.25, 0.3) is 0 Å². The molecule has 0 aliphatic carbocycles. The molecule has 0 atom stereocenters. The minimum Gasteiger partial charge on any atom is -0.315 e. The first-order chi connectivity index (χ1) is 11.6. The molecule has 0 spiro atoms. The second-order valence-corrected chi connectivity index (χ2v) is 5.85. The van der Waals surface area contributed by atoms with Gasteiger partial charge in [-0.15, -0.1) is 21.5 Å². The smallest absolute Gasteiger partial charge is 0.248 e. The zero-order valence-electron chi connectivity index (χ0n) is 12.5. The summed E-state index contributed by atoms with van der Waals surface area (Å²) in [5, 5.41) is 25.6. The largest absolute Gasteiger partial charge is 0.315 e. The predicted octanol–water partition coefficient (Wildman–Crippen LogP) is 2.36. The van der Waals surface area contributed by atoms with Crippen molar-refractivity contribution in [2.24, 2.45) is 0 Å². The van der Waals surface area contributed by atoms with Gasteiger partial charge in [0.05, 0.1) is 5.56 Å². The monoisotopic (exact) mass is 342 g/mol. The van der Waals surface area contributed by atoms with Gasteiger partial charge in [0.1, 0.15) is 23.4 Å². The average molecular weight is 342 g/mol. The molecule has 24 heavy (non-hydrogen) atoms. The van der Waals surface area contributed by atoms with Crippen LogP contribution in [0.2, 0.25) is 0 Å². The highest BCUT2D eigenvalue weighted by molar-refractivity contribution is 7.14. The molecule has 3 rings (SSSR count). The van der Waals surface area contributed by atoms with Gasteiger partial charge in [-0.05, 0) is 47.3 Å². The molecule has 0 aliphatic rings. The lowest BCUT2D eigenvalue weighted by molar-refractivity contribution is -0.117. The molecular weight excluding hydrogens is 331 g/mol. The highest BCUT2D eigenvalue weighted by atomic mass is 32.1. The average Bonchev–Trinajstić information content (AvgIpc) is 3.19. The van der Waals surface area contributed by atoms with Crippen LogP contribution in [-0.4, -0.2) is 26.1 Å². The molecule has 0 unspecified atom stereocenters. The van der Waals surface area contributed by atoms with Crippen LogP contribution in [0.1, 0.15) is 11.1 Å². The quantitative estimate of drug-likeness (QED) is 0.785. The van der Waals surface area contributed by atoms with Gasteiger partial charge in [0, 0.05) is 5.56 Å². The van der Waals surface area contributed by atoms with Gasteiger partial charge in [-0.3, -0.25) is 4.79 Å². The van der Waals surface area contributed by atoms with Crippen molar-refractivity contribution in [2.75, 3.05) is 5.32 Å². The minimum absolute atomic E-state index is 0.143. The third kappa shape index (κ3) is 3.28. The van der Waals surface area contributed by atoms with Gasteiger partial charge in [0.2, 0.25) is 11.7 Å². The second kappa shape index (κ2) is 6.55. The number of rotatable bonds is 4. The zero-order valence-corrected chi connectivity index (χ0v) is 13.3. The first kappa shape index (κ1) is 15.8. The summed E-state index contributed by atoms with van der Waals surface area (Å²) in [6.07, 6.45) is 0. The van der Waals surface area contributed by atoms with Gasteiger partial charge in [0.15, 0.2) is 0 Å². The highest BCUT2D eigenvalue weighted by Gasteiger charge is 2.12. The molecule has 1 amide bonds. The van der Waals surface area contributed by atoms with E-state index in [4.69, 9.17) is 5.26 Å². The number of nitrogens with one attached hydrogen (secondary N) is 1. The third-order valence-electron chi connectivity index (χ3n) is 3.19. The van der Waals surface area contributed by atoms with E-state index in [2.05, 4.69) is 20.7 Å². The number of hydrogen-bond acceptors (Lipinski definition) is 6. The molecule has 0 aliphatic heterocycles. The Morgan fingerprint density at radius 2 is 2.29 bits per heavy atom. The molecule has 1 aromatic carbocycles. The molecule has 2 heterocycles.